The molecular weight excluding hydrogens is 326 g/mol. The van der Waals surface area contributed by atoms with Crippen molar-refractivity contribution >= 4 is 5.91 Å². The number of benzene rings is 1. The third-order valence-electron chi connectivity index (χ3n) is 5.18. The van der Waals surface area contributed by atoms with Gasteiger partial charge in [0.15, 0.2) is 5.60 Å². The summed E-state index contributed by atoms with van der Waals surface area (Å²) in [5.74, 6) is 0.372. The van der Waals surface area contributed by atoms with Crippen molar-refractivity contribution in [3.05, 3.63) is 35.4 Å². The average molecular weight is 362 g/mol. The fraction of sp³-hybridized carbons (Fsp3) is 0.667. The van der Waals surface area contributed by atoms with E-state index in [0.29, 0.717) is 32.0 Å². The lowest BCUT2D eigenvalue weighted by Gasteiger charge is -2.40. The van der Waals surface area contributed by atoms with Crippen LogP contribution in [0.3, 0.4) is 0 Å². The van der Waals surface area contributed by atoms with Crippen molar-refractivity contribution in [2.45, 2.75) is 44.8 Å². The van der Waals surface area contributed by atoms with Crippen LogP contribution < -0.4 is 0 Å². The Kier molecular flexibility index (Phi) is 7.21. The first-order valence-corrected chi connectivity index (χ1v) is 9.65. The Morgan fingerprint density at radius 1 is 1.15 bits per heavy atom. The number of likely N-dealkylation sites (tertiary alicyclic amines) is 1. The molecule has 0 aliphatic carbocycles. The van der Waals surface area contributed by atoms with E-state index in [1.165, 1.54) is 5.56 Å². The van der Waals surface area contributed by atoms with Crippen LogP contribution >= 0.6 is 0 Å². The summed E-state index contributed by atoms with van der Waals surface area (Å²) in [5, 5.41) is 11.0. The van der Waals surface area contributed by atoms with Gasteiger partial charge < -0.3 is 19.8 Å². The zero-order chi connectivity index (χ0) is 19.3. The van der Waals surface area contributed by atoms with Crippen LogP contribution in [0.1, 0.15) is 43.7 Å². The van der Waals surface area contributed by atoms with Gasteiger partial charge in [-0.3, -0.25) is 4.79 Å². The van der Waals surface area contributed by atoms with Crippen molar-refractivity contribution in [3.8, 4) is 0 Å². The van der Waals surface area contributed by atoms with E-state index >= 15 is 0 Å². The second-order valence-corrected chi connectivity index (χ2v) is 8.30. The number of rotatable bonds is 8. The molecule has 1 fully saturated rings. The molecule has 0 saturated carbocycles. The Morgan fingerprint density at radius 3 is 2.38 bits per heavy atom. The molecular formula is C21H35N3O2. The third kappa shape index (κ3) is 5.53. The number of nitrogens with zero attached hydrogens (tertiary/aromatic N) is 3. The molecule has 1 heterocycles. The first-order chi connectivity index (χ1) is 12.2. The molecule has 0 spiro atoms. The van der Waals surface area contributed by atoms with Crippen LogP contribution in [0.15, 0.2) is 24.3 Å². The molecule has 1 unspecified atom stereocenters. The third-order valence-corrected chi connectivity index (χ3v) is 5.18. The van der Waals surface area contributed by atoms with E-state index in [4.69, 9.17) is 0 Å². The summed E-state index contributed by atoms with van der Waals surface area (Å²) in [5.41, 5.74) is 1.16. The topological polar surface area (TPSA) is 47.0 Å². The van der Waals surface area contributed by atoms with E-state index in [2.05, 4.69) is 47.9 Å². The number of hydrogen-bond donors (Lipinski definition) is 1. The summed E-state index contributed by atoms with van der Waals surface area (Å²) in [6.45, 7) is 7.77. The van der Waals surface area contributed by atoms with Gasteiger partial charge in [-0.25, -0.2) is 0 Å². The lowest BCUT2D eigenvalue weighted by molar-refractivity contribution is -0.159. The quantitative estimate of drug-likeness (QED) is 0.771. The SMILES string of the molecule is CC(C)c1ccc(CN2CCCC(O)(CN(C)CCN(C)C)C2=O)cc1. The fourth-order valence-corrected chi connectivity index (χ4v) is 3.49. The predicted molar refractivity (Wildman–Crippen MR) is 106 cm³/mol. The van der Waals surface area contributed by atoms with Crippen LogP contribution in [0.4, 0.5) is 0 Å². The number of likely N-dealkylation sites (N-methyl/N-ethyl adjacent to an activating group) is 2. The molecule has 5 heteroatoms. The van der Waals surface area contributed by atoms with E-state index in [1.54, 1.807) is 0 Å². The molecule has 1 amide bonds. The zero-order valence-electron chi connectivity index (χ0n) is 17.0. The normalized spacial score (nSPS) is 21.3. The molecule has 1 saturated heterocycles. The van der Waals surface area contributed by atoms with E-state index < -0.39 is 5.60 Å². The zero-order valence-corrected chi connectivity index (χ0v) is 17.0. The minimum atomic E-state index is -1.27. The van der Waals surface area contributed by atoms with Crippen LogP contribution in [-0.4, -0.2) is 78.6 Å². The van der Waals surface area contributed by atoms with Gasteiger partial charge in [0.05, 0.1) is 0 Å². The largest absolute Gasteiger partial charge is 0.379 e. The maximum absolute atomic E-state index is 12.9. The van der Waals surface area contributed by atoms with Gasteiger partial charge in [0.2, 0.25) is 0 Å². The molecule has 1 atom stereocenters. The monoisotopic (exact) mass is 361 g/mol. The predicted octanol–water partition coefficient (Wildman–Crippen LogP) is 2.16. The first kappa shape index (κ1) is 20.9. The molecule has 5 nitrogen and oxygen atoms in total. The number of carbonyl (C=O) groups is 1. The van der Waals surface area contributed by atoms with Gasteiger partial charge in [0.25, 0.3) is 5.91 Å². The minimum Gasteiger partial charge on any atom is -0.379 e. The number of aliphatic hydroxyl groups is 1. The molecule has 0 radical (unpaired) electrons. The number of piperidine rings is 1. The molecule has 0 aromatic heterocycles. The summed E-state index contributed by atoms with van der Waals surface area (Å²) in [7, 11) is 6.03. The minimum absolute atomic E-state index is 0.131. The molecule has 2 rings (SSSR count). The van der Waals surface area contributed by atoms with Crippen LogP contribution in [0.25, 0.3) is 0 Å². The van der Waals surface area contributed by atoms with Crippen LogP contribution in [0, 0.1) is 0 Å². The van der Waals surface area contributed by atoms with Gasteiger partial charge in [-0.2, -0.15) is 0 Å². The van der Waals surface area contributed by atoms with Gasteiger partial charge in [-0.15, -0.1) is 0 Å². The van der Waals surface area contributed by atoms with Crippen molar-refractivity contribution < 1.29 is 9.90 Å². The highest BCUT2D eigenvalue weighted by Gasteiger charge is 2.42. The van der Waals surface area contributed by atoms with E-state index in [9.17, 15) is 9.90 Å². The van der Waals surface area contributed by atoms with E-state index in [1.807, 2.05) is 26.0 Å². The van der Waals surface area contributed by atoms with E-state index in [0.717, 1.165) is 25.1 Å². The molecule has 0 bridgehead atoms. The van der Waals surface area contributed by atoms with Gasteiger partial charge in [0.1, 0.15) is 0 Å². The Labute approximate surface area is 158 Å². The van der Waals surface area contributed by atoms with Crippen molar-refractivity contribution in [2.75, 3.05) is 47.3 Å². The van der Waals surface area contributed by atoms with Gasteiger partial charge >= 0.3 is 0 Å². The molecule has 1 aliphatic rings. The Morgan fingerprint density at radius 2 is 1.81 bits per heavy atom. The maximum Gasteiger partial charge on any atom is 0.256 e. The summed E-state index contributed by atoms with van der Waals surface area (Å²) in [6, 6.07) is 8.46. The lowest BCUT2D eigenvalue weighted by Crippen LogP contribution is -2.58. The standard InChI is InChI=1S/C21H35N3O2/c1-17(2)19-9-7-18(8-10-19)15-24-12-6-11-21(26,20(24)25)16-23(5)14-13-22(3)4/h7-10,17,26H,6,11-16H2,1-5H3. The highest BCUT2D eigenvalue weighted by Crippen LogP contribution is 2.25. The molecule has 1 aliphatic heterocycles. The summed E-state index contributed by atoms with van der Waals surface area (Å²) in [4.78, 5) is 18.9. The fourth-order valence-electron chi connectivity index (χ4n) is 3.49. The van der Waals surface area contributed by atoms with Crippen LogP contribution in [0.2, 0.25) is 0 Å². The summed E-state index contributed by atoms with van der Waals surface area (Å²) in [6.07, 6.45) is 1.38. The van der Waals surface area contributed by atoms with Crippen LogP contribution in [-0.2, 0) is 11.3 Å². The van der Waals surface area contributed by atoms with Crippen LogP contribution in [0.5, 0.6) is 0 Å². The van der Waals surface area contributed by atoms with E-state index in [-0.39, 0.29) is 5.91 Å². The Hall–Kier alpha value is -1.43. The van der Waals surface area contributed by atoms with Gasteiger partial charge in [-0.1, -0.05) is 38.1 Å². The average Bonchev–Trinajstić information content (AvgIpc) is 2.58. The second kappa shape index (κ2) is 8.98. The molecule has 1 aromatic carbocycles. The number of amides is 1. The smallest absolute Gasteiger partial charge is 0.256 e. The lowest BCUT2D eigenvalue weighted by atomic mass is 9.90. The highest BCUT2D eigenvalue weighted by molar-refractivity contribution is 5.86. The Balaban J connectivity index is 1.99. The molecule has 26 heavy (non-hydrogen) atoms. The van der Waals surface area contributed by atoms with Crippen molar-refractivity contribution in [1.29, 1.82) is 0 Å². The van der Waals surface area contributed by atoms with Crippen molar-refractivity contribution in [2.24, 2.45) is 0 Å². The second-order valence-electron chi connectivity index (χ2n) is 8.30. The molecule has 1 N–H and O–H groups in total. The van der Waals surface area contributed by atoms with Gasteiger partial charge in [0, 0.05) is 32.7 Å². The number of hydrogen-bond acceptors (Lipinski definition) is 4. The number of carbonyl (C=O) groups excluding carboxylic acids is 1. The molecule has 1 aromatic rings. The summed E-state index contributed by atoms with van der Waals surface area (Å²) < 4.78 is 0. The summed E-state index contributed by atoms with van der Waals surface area (Å²) >= 11 is 0. The molecule has 146 valence electrons. The van der Waals surface area contributed by atoms with Crippen molar-refractivity contribution in [3.63, 3.8) is 0 Å². The maximum atomic E-state index is 12.9. The van der Waals surface area contributed by atoms with Gasteiger partial charge in [-0.05, 0) is 51.0 Å². The highest BCUT2D eigenvalue weighted by atomic mass is 16.3. The van der Waals surface area contributed by atoms with Crippen molar-refractivity contribution in [1.82, 2.24) is 14.7 Å². The first-order valence-electron chi connectivity index (χ1n) is 9.65. The Bertz CT molecular complexity index is 585.